The Morgan fingerprint density at radius 1 is 1.22 bits per heavy atom. The maximum absolute atomic E-state index is 13.7. The van der Waals surface area contributed by atoms with Gasteiger partial charge in [0, 0.05) is 30.4 Å². The second kappa shape index (κ2) is 8.81. The fourth-order valence-electron chi connectivity index (χ4n) is 5.48. The number of nitrogens with zero attached hydrogens (tertiary/aromatic N) is 5. The Hall–Kier alpha value is -3.60. The van der Waals surface area contributed by atoms with E-state index in [4.69, 9.17) is 0 Å². The Morgan fingerprint density at radius 3 is 2.47 bits per heavy atom. The number of aryl methyl sites for hydroxylation is 3. The van der Waals surface area contributed by atoms with Crippen LogP contribution in [0.5, 0.6) is 0 Å². The largest absolute Gasteiger partial charge is 0.363 e. The summed E-state index contributed by atoms with van der Waals surface area (Å²) >= 11 is 0. The molecule has 1 unspecified atom stereocenters. The van der Waals surface area contributed by atoms with Crippen molar-refractivity contribution in [1.82, 2.24) is 35.5 Å². The van der Waals surface area contributed by atoms with Gasteiger partial charge in [-0.15, -0.1) is 10.2 Å². The van der Waals surface area contributed by atoms with E-state index in [1.807, 2.05) is 13.8 Å². The third kappa shape index (κ3) is 4.17. The lowest BCUT2D eigenvalue weighted by Gasteiger charge is -2.46. The summed E-state index contributed by atoms with van der Waals surface area (Å²) in [4.78, 5) is 26.9. The normalized spacial score (nSPS) is 19.1. The summed E-state index contributed by atoms with van der Waals surface area (Å²) in [5.41, 5.74) is 1.03. The number of hydrogen-bond acceptors (Lipinski definition) is 7. The number of aromatic amines is 1. The monoisotopic (exact) mass is 492 g/mol. The quantitative estimate of drug-likeness (QED) is 0.353. The molecule has 2 saturated carbocycles. The van der Waals surface area contributed by atoms with Gasteiger partial charge in [0.25, 0.3) is 11.8 Å². The maximum atomic E-state index is 13.7. The highest BCUT2D eigenvalue weighted by Gasteiger charge is 2.61. The molecule has 11 nitrogen and oxygen atoms in total. The van der Waals surface area contributed by atoms with E-state index in [0.717, 1.165) is 49.1 Å². The highest BCUT2D eigenvalue weighted by molar-refractivity contribution is 6.02. The van der Waals surface area contributed by atoms with Crippen molar-refractivity contribution in [3.63, 3.8) is 0 Å². The predicted octanol–water partition coefficient (Wildman–Crippen LogP) is 2.49. The number of carbonyl (C=O) groups excluding carboxylic acids is 2. The molecule has 0 aliphatic heterocycles. The smallest absolute Gasteiger partial charge is 0.279 e. The first-order valence-corrected chi connectivity index (χ1v) is 12.3. The zero-order valence-electron chi connectivity index (χ0n) is 21.0. The number of anilines is 1. The molecule has 2 aliphatic carbocycles. The van der Waals surface area contributed by atoms with Crippen LogP contribution in [0.4, 0.5) is 5.82 Å². The van der Waals surface area contributed by atoms with Gasteiger partial charge in [0.15, 0.2) is 5.82 Å². The minimum atomic E-state index is -2.13. The van der Waals surface area contributed by atoms with Crippen molar-refractivity contribution in [3.05, 3.63) is 41.5 Å². The zero-order valence-corrected chi connectivity index (χ0v) is 21.0. The molecule has 11 heteroatoms. The minimum Gasteiger partial charge on any atom is -0.363 e. The predicted molar refractivity (Wildman–Crippen MR) is 132 cm³/mol. The van der Waals surface area contributed by atoms with Gasteiger partial charge in [-0.25, -0.2) is 0 Å². The lowest BCUT2D eigenvalue weighted by Crippen LogP contribution is -2.65. The summed E-state index contributed by atoms with van der Waals surface area (Å²) in [6.07, 6.45) is 6.15. The van der Waals surface area contributed by atoms with Crippen molar-refractivity contribution in [2.24, 2.45) is 24.3 Å². The molecule has 3 heterocycles. The molecule has 0 radical (unpaired) electrons. The third-order valence-electron chi connectivity index (χ3n) is 7.86. The Kier molecular flexibility index (Phi) is 5.90. The second-order valence-corrected chi connectivity index (χ2v) is 10.5. The highest BCUT2D eigenvalue weighted by Crippen LogP contribution is 2.60. The Balaban J connectivity index is 1.44. The van der Waals surface area contributed by atoms with Crippen LogP contribution >= 0.6 is 0 Å². The maximum Gasteiger partial charge on any atom is 0.279 e. The molecule has 0 aromatic carbocycles. The first kappa shape index (κ1) is 24.1. The number of aromatic nitrogens is 6. The molecule has 5 rings (SSSR count). The lowest BCUT2D eigenvalue weighted by molar-refractivity contribution is -0.155. The molecular weight excluding hydrogens is 460 g/mol. The van der Waals surface area contributed by atoms with Gasteiger partial charge in [-0.05, 0) is 69.1 Å². The van der Waals surface area contributed by atoms with Gasteiger partial charge in [-0.1, -0.05) is 13.3 Å². The van der Waals surface area contributed by atoms with Gasteiger partial charge < -0.3 is 15.7 Å². The van der Waals surface area contributed by atoms with E-state index in [-0.39, 0.29) is 22.8 Å². The number of rotatable bonds is 8. The molecule has 190 valence electrons. The Morgan fingerprint density at radius 2 is 1.97 bits per heavy atom. The summed E-state index contributed by atoms with van der Waals surface area (Å²) in [6, 6.07) is 4.92. The number of nitrogens with one attached hydrogen (secondary N) is 3. The van der Waals surface area contributed by atoms with Crippen molar-refractivity contribution in [2.45, 2.75) is 58.6 Å². The van der Waals surface area contributed by atoms with E-state index in [1.165, 1.54) is 10.9 Å². The van der Waals surface area contributed by atoms with Crippen molar-refractivity contribution < 1.29 is 14.7 Å². The molecule has 2 amide bonds. The third-order valence-corrected chi connectivity index (χ3v) is 7.86. The first-order valence-electron chi connectivity index (χ1n) is 12.3. The van der Waals surface area contributed by atoms with Crippen LogP contribution in [0.2, 0.25) is 0 Å². The number of hydrogen-bond donors (Lipinski definition) is 4. The van der Waals surface area contributed by atoms with E-state index >= 15 is 0 Å². The van der Waals surface area contributed by atoms with E-state index in [1.54, 1.807) is 25.2 Å². The van der Waals surface area contributed by atoms with Crippen LogP contribution in [-0.4, -0.2) is 52.8 Å². The van der Waals surface area contributed by atoms with Crippen LogP contribution in [0.1, 0.15) is 60.9 Å². The van der Waals surface area contributed by atoms with Gasteiger partial charge in [-0.2, -0.15) is 10.2 Å². The van der Waals surface area contributed by atoms with Gasteiger partial charge >= 0.3 is 0 Å². The summed E-state index contributed by atoms with van der Waals surface area (Å²) in [7, 11) is 1.64. The second-order valence-electron chi connectivity index (χ2n) is 10.5. The number of H-pyrrole nitrogens is 1. The van der Waals surface area contributed by atoms with Gasteiger partial charge in [0.2, 0.25) is 5.72 Å². The zero-order chi connectivity index (χ0) is 25.7. The van der Waals surface area contributed by atoms with Crippen molar-refractivity contribution in [3.8, 4) is 11.3 Å². The van der Waals surface area contributed by atoms with Crippen molar-refractivity contribution in [2.75, 3.05) is 5.32 Å². The molecule has 2 atom stereocenters. The fraction of sp³-hybridized carbons (Fsp3) is 0.520. The molecule has 36 heavy (non-hydrogen) atoms. The highest BCUT2D eigenvalue weighted by atomic mass is 16.3. The fourth-order valence-corrected chi connectivity index (χ4v) is 5.48. The van der Waals surface area contributed by atoms with Crippen LogP contribution < -0.4 is 10.6 Å². The number of carbonyl (C=O) groups is 2. The van der Waals surface area contributed by atoms with Gasteiger partial charge in [0.1, 0.15) is 5.69 Å². The van der Waals surface area contributed by atoms with Crippen molar-refractivity contribution in [1.29, 1.82) is 0 Å². The summed E-state index contributed by atoms with van der Waals surface area (Å²) < 4.78 is 1.41. The van der Waals surface area contributed by atoms with E-state index in [9.17, 15) is 14.7 Å². The summed E-state index contributed by atoms with van der Waals surface area (Å²) in [5.74, 6) is -1.39. The Labute approximate surface area is 209 Å². The van der Waals surface area contributed by atoms with Crippen LogP contribution in [0.25, 0.3) is 11.3 Å². The van der Waals surface area contributed by atoms with Crippen LogP contribution in [0, 0.1) is 31.1 Å². The molecule has 3 aromatic heterocycles. The van der Waals surface area contributed by atoms with E-state index in [0.29, 0.717) is 5.69 Å². The standard InChI is InChI=1S/C25H32N8O3/c1-14-20(15(2)30-29-14)17-8-9-19(32-31-17)27-23(35)25(36,28-22(34)18-10-13-26-33(18)4)21(16-6-5-7-16)24(3)11-12-24/h8-10,13,16,21,36H,5-7,11-12H2,1-4H3,(H,28,34)(H,29,30)(H,27,32,35)/t21?,25-/m0/s1. The molecule has 2 fully saturated rings. The molecular formula is C25H32N8O3. The molecule has 4 N–H and O–H groups in total. The van der Waals surface area contributed by atoms with Crippen LogP contribution in [0.3, 0.4) is 0 Å². The molecule has 0 bridgehead atoms. The first-order chi connectivity index (χ1) is 17.1. The summed E-state index contributed by atoms with van der Waals surface area (Å²) in [6.45, 7) is 5.85. The summed E-state index contributed by atoms with van der Waals surface area (Å²) in [5, 5.41) is 37.0. The van der Waals surface area contributed by atoms with E-state index in [2.05, 4.69) is 43.1 Å². The molecule has 0 saturated heterocycles. The van der Waals surface area contributed by atoms with Gasteiger partial charge in [-0.3, -0.25) is 19.4 Å². The number of amides is 2. The molecule has 0 spiro atoms. The Bertz CT molecular complexity index is 1270. The SMILES string of the molecule is Cc1n[nH]c(C)c1-c1ccc(NC(=O)[C@](O)(NC(=O)c2ccnn2C)C(C2CCC2)C2(C)CC2)nn1. The molecule has 3 aromatic rings. The van der Waals surface area contributed by atoms with Crippen LogP contribution in [-0.2, 0) is 11.8 Å². The van der Waals surface area contributed by atoms with Gasteiger partial charge in [0.05, 0.1) is 11.4 Å². The van der Waals surface area contributed by atoms with Crippen LogP contribution in [0.15, 0.2) is 24.4 Å². The van der Waals surface area contributed by atoms with Crippen molar-refractivity contribution >= 4 is 17.6 Å². The molecule has 2 aliphatic rings. The van der Waals surface area contributed by atoms with E-state index < -0.39 is 23.5 Å². The minimum absolute atomic E-state index is 0.139. The lowest BCUT2D eigenvalue weighted by atomic mass is 9.64. The topological polar surface area (TPSA) is 151 Å². The average molecular weight is 493 g/mol. The number of aliphatic hydroxyl groups is 1. The average Bonchev–Trinajstić information content (AvgIpc) is 3.23.